The van der Waals surface area contributed by atoms with Crippen molar-refractivity contribution in [3.05, 3.63) is 71.3 Å². The van der Waals surface area contributed by atoms with Crippen LogP contribution in [0, 0.1) is 0 Å². The van der Waals surface area contributed by atoms with Crippen molar-refractivity contribution in [2.45, 2.75) is 0 Å². The van der Waals surface area contributed by atoms with Gasteiger partial charge in [-0.15, -0.1) is 0 Å². The van der Waals surface area contributed by atoms with Crippen molar-refractivity contribution in [2.24, 2.45) is 0 Å². The second kappa shape index (κ2) is 9.53. The molecule has 2 aromatic carbocycles. The summed E-state index contributed by atoms with van der Waals surface area (Å²) < 4.78 is 0. The summed E-state index contributed by atoms with van der Waals surface area (Å²) >= 11 is 5.94. The fourth-order valence-electron chi connectivity index (χ4n) is 3.00. The monoisotopic (exact) mass is 369 g/mol. The Labute approximate surface area is 160 Å². The normalized spacial score (nSPS) is 16.0. The van der Waals surface area contributed by atoms with Crippen LogP contribution in [-0.2, 0) is 4.79 Å². The molecule has 26 heavy (non-hydrogen) atoms. The van der Waals surface area contributed by atoms with Crippen molar-refractivity contribution in [3.8, 4) is 0 Å². The number of anilines is 1. The van der Waals surface area contributed by atoms with Gasteiger partial charge in [-0.2, -0.15) is 0 Å². The average molecular weight is 370 g/mol. The highest BCUT2D eigenvalue weighted by molar-refractivity contribution is 6.30. The number of hydrogen-bond donors (Lipinski definition) is 1. The summed E-state index contributed by atoms with van der Waals surface area (Å²) in [5.41, 5.74) is 1.97. The molecule has 1 aliphatic heterocycles. The second-order valence-electron chi connectivity index (χ2n) is 6.45. The number of carbonyl (C=O) groups excluding carboxylic acids is 1. The van der Waals surface area contributed by atoms with Crippen LogP contribution in [0.4, 0.5) is 5.69 Å². The number of rotatable bonds is 6. The fourth-order valence-corrected chi connectivity index (χ4v) is 3.19. The molecular weight excluding hydrogens is 346 g/mol. The molecule has 2 aromatic rings. The lowest BCUT2D eigenvalue weighted by Crippen LogP contribution is -2.48. The molecule has 0 unspecified atom stereocenters. The maximum Gasteiger partial charge on any atom is 0.238 e. The van der Waals surface area contributed by atoms with Gasteiger partial charge in [0.25, 0.3) is 0 Å². The smallest absolute Gasteiger partial charge is 0.238 e. The summed E-state index contributed by atoms with van der Waals surface area (Å²) in [6.07, 6.45) is 4.36. The Kier molecular flexibility index (Phi) is 6.83. The van der Waals surface area contributed by atoms with E-state index in [9.17, 15) is 4.79 Å². The van der Waals surface area contributed by atoms with Gasteiger partial charge in [0.2, 0.25) is 5.91 Å². The van der Waals surface area contributed by atoms with E-state index in [0.717, 1.165) is 38.4 Å². The molecule has 3 rings (SSSR count). The Hall–Kier alpha value is -2.14. The number of carbonyl (C=O) groups is 1. The third kappa shape index (κ3) is 5.99. The second-order valence-corrected chi connectivity index (χ2v) is 6.88. The fraction of sp³-hybridized carbons (Fsp3) is 0.286. The van der Waals surface area contributed by atoms with Crippen molar-refractivity contribution in [2.75, 3.05) is 44.6 Å². The SMILES string of the molecule is O=C(CN1CCN(CC=Cc2ccccc2)CC1)Nc1cccc(Cl)c1. The van der Waals surface area contributed by atoms with Gasteiger partial charge in [0, 0.05) is 43.4 Å². The van der Waals surface area contributed by atoms with Crippen LogP contribution in [0.5, 0.6) is 0 Å². The zero-order valence-electron chi connectivity index (χ0n) is 14.8. The Bertz CT molecular complexity index is 740. The van der Waals surface area contributed by atoms with Crippen LogP contribution in [0.25, 0.3) is 6.08 Å². The highest BCUT2D eigenvalue weighted by Gasteiger charge is 2.18. The molecule has 136 valence electrons. The molecule has 0 radical (unpaired) electrons. The first-order valence-electron chi connectivity index (χ1n) is 8.91. The van der Waals surface area contributed by atoms with E-state index >= 15 is 0 Å². The van der Waals surface area contributed by atoms with Gasteiger partial charge in [-0.05, 0) is 23.8 Å². The highest BCUT2D eigenvalue weighted by atomic mass is 35.5. The van der Waals surface area contributed by atoms with Crippen molar-refractivity contribution < 1.29 is 4.79 Å². The van der Waals surface area contributed by atoms with Gasteiger partial charge in [0.05, 0.1) is 6.54 Å². The largest absolute Gasteiger partial charge is 0.325 e. The van der Waals surface area contributed by atoms with E-state index < -0.39 is 0 Å². The summed E-state index contributed by atoms with van der Waals surface area (Å²) in [6, 6.07) is 17.6. The van der Waals surface area contributed by atoms with Crippen LogP contribution < -0.4 is 5.32 Å². The number of halogens is 1. The standard InChI is InChI=1S/C21H24ClN3O/c22-19-9-4-10-20(16-19)23-21(26)17-25-14-12-24(13-15-25)11-5-8-18-6-2-1-3-7-18/h1-10,16H,11-15,17H2,(H,23,26). The van der Waals surface area contributed by atoms with E-state index in [1.807, 2.05) is 30.3 Å². The molecule has 0 spiro atoms. The zero-order chi connectivity index (χ0) is 18.2. The van der Waals surface area contributed by atoms with E-state index in [1.54, 1.807) is 12.1 Å². The summed E-state index contributed by atoms with van der Waals surface area (Å²) in [7, 11) is 0. The van der Waals surface area contributed by atoms with Gasteiger partial charge in [-0.3, -0.25) is 14.6 Å². The first-order valence-corrected chi connectivity index (χ1v) is 9.28. The van der Waals surface area contributed by atoms with Gasteiger partial charge < -0.3 is 5.32 Å². The van der Waals surface area contributed by atoms with Crippen LogP contribution in [0.3, 0.4) is 0 Å². The lowest BCUT2D eigenvalue weighted by atomic mass is 10.2. The molecule has 1 heterocycles. The molecule has 0 aliphatic carbocycles. The van der Waals surface area contributed by atoms with Crippen LogP contribution >= 0.6 is 11.6 Å². The maximum atomic E-state index is 12.2. The summed E-state index contributed by atoms with van der Waals surface area (Å²) in [5, 5.41) is 3.53. The van der Waals surface area contributed by atoms with E-state index in [0.29, 0.717) is 11.6 Å². The number of nitrogens with zero attached hydrogens (tertiary/aromatic N) is 2. The van der Waals surface area contributed by atoms with Gasteiger partial charge in [-0.1, -0.05) is 60.2 Å². The molecule has 1 fully saturated rings. The third-order valence-corrected chi connectivity index (χ3v) is 4.65. The van der Waals surface area contributed by atoms with Crippen LogP contribution in [0.15, 0.2) is 60.7 Å². The first kappa shape index (κ1) is 18.6. The summed E-state index contributed by atoms with van der Waals surface area (Å²) in [4.78, 5) is 16.8. The van der Waals surface area contributed by atoms with Gasteiger partial charge in [0.15, 0.2) is 0 Å². The zero-order valence-corrected chi connectivity index (χ0v) is 15.5. The van der Waals surface area contributed by atoms with Gasteiger partial charge >= 0.3 is 0 Å². The third-order valence-electron chi connectivity index (χ3n) is 4.41. The Balaban J connectivity index is 1.38. The van der Waals surface area contributed by atoms with Gasteiger partial charge in [0.1, 0.15) is 0 Å². The Morgan fingerprint density at radius 1 is 1.00 bits per heavy atom. The lowest BCUT2D eigenvalue weighted by molar-refractivity contribution is -0.117. The van der Waals surface area contributed by atoms with E-state index in [4.69, 9.17) is 11.6 Å². The van der Waals surface area contributed by atoms with E-state index in [2.05, 4.69) is 39.4 Å². The van der Waals surface area contributed by atoms with Gasteiger partial charge in [-0.25, -0.2) is 0 Å². The molecule has 0 bridgehead atoms. The predicted octanol–water partition coefficient (Wildman–Crippen LogP) is 3.61. The molecule has 0 atom stereocenters. The molecule has 0 saturated carbocycles. The summed E-state index contributed by atoms with van der Waals surface area (Å²) in [5.74, 6) is 0.00434. The summed E-state index contributed by atoms with van der Waals surface area (Å²) in [6.45, 7) is 5.12. The molecule has 1 saturated heterocycles. The highest BCUT2D eigenvalue weighted by Crippen LogP contribution is 2.15. The number of nitrogens with one attached hydrogen (secondary N) is 1. The Morgan fingerprint density at radius 3 is 2.46 bits per heavy atom. The molecular formula is C21H24ClN3O. The number of hydrogen-bond acceptors (Lipinski definition) is 3. The number of benzene rings is 2. The first-order chi connectivity index (χ1) is 12.7. The van der Waals surface area contributed by atoms with Crippen LogP contribution in [0.1, 0.15) is 5.56 Å². The number of amides is 1. The molecule has 1 aliphatic rings. The Morgan fingerprint density at radius 2 is 1.73 bits per heavy atom. The maximum absolute atomic E-state index is 12.2. The topological polar surface area (TPSA) is 35.6 Å². The van der Waals surface area contributed by atoms with Crippen LogP contribution in [-0.4, -0.2) is 55.0 Å². The average Bonchev–Trinajstić information content (AvgIpc) is 2.64. The molecule has 4 nitrogen and oxygen atoms in total. The minimum Gasteiger partial charge on any atom is -0.325 e. The molecule has 5 heteroatoms. The minimum absolute atomic E-state index is 0.00434. The van der Waals surface area contributed by atoms with Crippen molar-refractivity contribution >= 4 is 29.3 Å². The molecule has 1 N–H and O–H groups in total. The van der Waals surface area contributed by atoms with E-state index in [1.165, 1.54) is 5.56 Å². The van der Waals surface area contributed by atoms with E-state index in [-0.39, 0.29) is 5.91 Å². The van der Waals surface area contributed by atoms with Crippen molar-refractivity contribution in [1.29, 1.82) is 0 Å². The lowest BCUT2D eigenvalue weighted by Gasteiger charge is -2.33. The minimum atomic E-state index is 0.00434. The molecule has 0 aromatic heterocycles. The predicted molar refractivity (Wildman–Crippen MR) is 108 cm³/mol. The van der Waals surface area contributed by atoms with Crippen molar-refractivity contribution in [3.63, 3.8) is 0 Å². The van der Waals surface area contributed by atoms with Crippen LogP contribution in [0.2, 0.25) is 5.02 Å². The molecule has 1 amide bonds. The quantitative estimate of drug-likeness (QED) is 0.844. The van der Waals surface area contributed by atoms with Crippen molar-refractivity contribution in [1.82, 2.24) is 9.80 Å². The number of piperazine rings is 1.